The van der Waals surface area contributed by atoms with Gasteiger partial charge in [-0.3, -0.25) is 19.2 Å². The largest absolute Gasteiger partial charge is 0.462 e. The van der Waals surface area contributed by atoms with Gasteiger partial charge in [0.05, 0.1) is 5.92 Å². The standard InChI is InChI=1S/C52H94N4O12/c1-27(2)40-19-35(20-41(28(3)4)53(40)61)65-48(57)18-17-39(50(58)66-36-21-42(29(5)6)54(62)43(22-36)30(7)8)49(51(59)67-37-23-44(31(9)10)55(63)45(24-37)32(11)12)52(60)68-38-25-46(33(13)14)56(64)47(26-38)34(15)16/h27-47,49,61-64H,17-26H2,1-16H3. The van der Waals surface area contributed by atoms with Gasteiger partial charge < -0.3 is 39.8 Å². The van der Waals surface area contributed by atoms with Crippen LogP contribution in [0.15, 0.2) is 0 Å². The van der Waals surface area contributed by atoms with Crippen LogP contribution in [0, 0.1) is 59.2 Å². The topological polar surface area (TPSA) is 199 Å². The lowest BCUT2D eigenvalue weighted by atomic mass is 9.83. The zero-order valence-electron chi connectivity index (χ0n) is 44.6. The van der Waals surface area contributed by atoms with Crippen molar-refractivity contribution in [2.75, 3.05) is 0 Å². The smallest absolute Gasteiger partial charge is 0.321 e. The first-order valence-electron chi connectivity index (χ1n) is 26.3. The number of ether oxygens (including phenoxy) is 4. The van der Waals surface area contributed by atoms with Crippen molar-refractivity contribution in [2.45, 2.75) is 248 Å². The summed E-state index contributed by atoms with van der Waals surface area (Å²) in [5.41, 5.74) is 0. The fourth-order valence-corrected chi connectivity index (χ4v) is 11.5. The van der Waals surface area contributed by atoms with Crippen molar-refractivity contribution in [3.8, 4) is 0 Å². The lowest BCUT2D eigenvalue weighted by Crippen LogP contribution is -2.55. The minimum absolute atomic E-state index is 0.00312. The van der Waals surface area contributed by atoms with Gasteiger partial charge in [0.2, 0.25) is 0 Å². The first kappa shape index (κ1) is 58.1. The van der Waals surface area contributed by atoms with Gasteiger partial charge in [0, 0.05) is 106 Å². The Labute approximate surface area is 408 Å². The predicted molar refractivity (Wildman–Crippen MR) is 256 cm³/mol. The molecule has 0 radical (unpaired) electrons. The van der Waals surface area contributed by atoms with Crippen LogP contribution >= 0.6 is 0 Å². The molecule has 4 aliphatic rings. The summed E-state index contributed by atoms with van der Waals surface area (Å²) in [6.45, 7) is 31.9. The van der Waals surface area contributed by atoms with E-state index in [-0.39, 0.29) is 109 Å². The monoisotopic (exact) mass is 967 g/mol. The minimum atomic E-state index is -1.83. The molecule has 9 atom stereocenters. The Morgan fingerprint density at radius 3 is 0.794 bits per heavy atom. The minimum Gasteiger partial charge on any atom is -0.462 e. The molecule has 4 saturated heterocycles. The van der Waals surface area contributed by atoms with Crippen molar-refractivity contribution >= 4 is 23.9 Å². The van der Waals surface area contributed by atoms with Gasteiger partial charge in [0.25, 0.3) is 0 Å². The molecule has 4 aliphatic heterocycles. The first-order valence-corrected chi connectivity index (χ1v) is 26.3. The molecular formula is C52H94N4O12. The summed E-state index contributed by atoms with van der Waals surface area (Å²) in [4.78, 5) is 59.1. The molecule has 0 bridgehead atoms. The molecule has 4 N–H and O–H groups in total. The highest BCUT2D eigenvalue weighted by Gasteiger charge is 2.50. The van der Waals surface area contributed by atoms with E-state index in [0.717, 1.165) is 0 Å². The number of hydrogen-bond donors (Lipinski definition) is 4. The third kappa shape index (κ3) is 14.6. The first-order chi connectivity index (χ1) is 31.6. The Balaban J connectivity index is 1.76. The van der Waals surface area contributed by atoms with Gasteiger partial charge in [-0.05, 0) is 53.8 Å². The summed E-state index contributed by atoms with van der Waals surface area (Å²) in [6.07, 6.45) is -0.572. The third-order valence-corrected chi connectivity index (χ3v) is 15.9. The third-order valence-electron chi connectivity index (χ3n) is 15.9. The molecule has 4 fully saturated rings. The zero-order valence-corrected chi connectivity index (χ0v) is 44.6. The van der Waals surface area contributed by atoms with Crippen LogP contribution in [0.5, 0.6) is 0 Å². The van der Waals surface area contributed by atoms with Crippen LogP contribution in [0.3, 0.4) is 0 Å². The summed E-state index contributed by atoms with van der Waals surface area (Å²) < 4.78 is 25.1. The summed E-state index contributed by atoms with van der Waals surface area (Å²) >= 11 is 0. The van der Waals surface area contributed by atoms with Crippen LogP contribution in [-0.4, -0.2) is 138 Å². The molecule has 4 heterocycles. The van der Waals surface area contributed by atoms with Crippen LogP contribution in [0.25, 0.3) is 0 Å². The zero-order chi connectivity index (χ0) is 51.2. The number of rotatable bonds is 19. The van der Waals surface area contributed by atoms with Crippen LogP contribution in [0.2, 0.25) is 0 Å². The average Bonchev–Trinajstić information content (AvgIpc) is 3.23. The number of hydrogen-bond acceptors (Lipinski definition) is 16. The van der Waals surface area contributed by atoms with Crippen LogP contribution < -0.4 is 0 Å². The Kier molecular flexibility index (Phi) is 21.6. The van der Waals surface area contributed by atoms with Crippen LogP contribution in [0.4, 0.5) is 0 Å². The molecule has 0 saturated carbocycles. The summed E-state index contributed by atoms with van der Waals surface area (Å²) in [5.74, 6) is -6.53. The molecule has 0 aromatic rings. The van der Waals surface area contributed by atoms with E-state index in [4.69, 9.17) is 18.9 Å². The van der Waals surface area contributed by atoms with E-state index in [9.17, 15) is 25.6 Å². The molecule has 394 valence electrons. The second kappa shape index (κ2) is 25.3. The fraction of sp³-hybridized carbons (Fsp3) is 0.923. The van der Waals surface area contributed by atoms with Crippen molar-refractivity contribution in [3.05, 3.63) is 0 Å². The van der Waals surface area contributed by atoms with E-state index in [1.165, 1.54) is 20.3 Å². The number of piperidine rings is 4. The molecule has 0 spiro atoms. The summed E-state index contributed by atoms with van der Waals surface area (Å²) in [5, 5.41) is 50.4. The molecule has 68 heavy (non-hydrogen) atoms. The van der Waals surface area contributed by atoms with Crippen LogP contribution in [0.1, 0.15) is 175 Å². The molecule has 0 aromatic heterocycles. The summed E-state index contributed by atoms with van der Waals surface area (Å²) in [6, 6.07) is -2.53. The molecular weight excluding hydrogens is 873 g/mol. The highest BCUT2D eigenvalue weighted by molar-refractivity contribution is 5.99. The van der Waals surface area contributed by atoms with Gasteiger partial charge in [0.15, 0.2) is 5.92 Å². The van der Waals surface area contributed by atoms with E-state index >= 15 is 14.4 Å². The molecule has 0 aliphatic carbocycles. The molecule has 16 heteroatoms. The van der Waals surface area contributed by atoms with Gasteiger partial charge in [-0.25, -0.2) is 0 Å². The average molecular weight is 967 g/mol. The Morgan fingerprint density at radius 1 is 0.368 bits per heavy atom. The van der Waals surface area contributed by atoms with E-state index in [1.54, 1.807) is 0 Å². The van der Waals surface area contributed by atoms with Gasteiger partial charge in [-0.1, -0.05) is 111 Å². The Morgan fingerprint density at radius 2 is 0.574 bits per heavy atom. The van der Waals surface area contributed by atoms with E-state index < -0.39 is 60.1 Å². The SMILES string of the molecule is CC(C)C1CC(OC(=O)CCC(C(=O)OC2CC(C(C)C)N(O)C(C(C)C)C2)C(C(=O)OC2CC(C(C)C)N(O)C(C(C)C)C2)C(=O)OC2CC(C(C)C)N(O)C(C(C)C)C2)CC(C(C)C)N1O. The van der Waals surface area contributed by atoms with E-state index in [1.807, 2.05) is 111 Å². The Hall–Kier alpha value is -2.44. The maximum Gasteiger partial charge on any atom is 0.321 e. The number of carbonyl (C=O) groups is 4. The molecule has 16 nitrogen and oxygen atoms in total. The lowest BCUT2D eigenvalue weighted by Gasteiger charge is -2.45. The number of carbonyl (C=O) groups excluding carboxylic acids is 4. The predicted octanol–water partition coefficient (Wildman–Crippen LogP) is 8.78. The van der Waals surface area contributed by atoms with E-state index in [2.05, 4.69) is 0 Å². The Bertz CT molecular complexity index is 1500. The van der Waals surface area contributed by atoms with Gasteiger partial charge >= 0.3 is 23.9 Å². The normalized spacial score (nSPS) is 32.7. The fourth-order valence-electron chi connectivity index (χ4n) is 11.5. The van der Waals surface area contributed by atoms with Crippen molar-refractivity contribution in [2.24, 2.45) is 59.2 Å². The maximum absolute atomic E-state index is 15.0. The van der Waals surface area contributed by atoms with Crippen LogP contribution in [-0.2, 0) is 38.1 Å². The number of hydroxylamine groups is 8. The molecule has 4 rings (SSSR count). The van der Waals surface area contributed by atoms with Crippen molar-refractivity contribution in [3.63, 3.8) is 0 Å². The van der Waals surface area contributed by atoms with E-state index in [0.29, 0.717) is 51.4 Å². The number of nitrogens with zero attached hydrogens (tertiary/aromatic N) is 4. The van der Waals surface area contributed by atoms with Crippen molar-refractivity contribution in [1.82, 2.24) is 20.3 Å². The molecule has 9 unspecified atom stereocenters. The highest BCUT2D eigenvalue weighted by atomic mass is 16.6. The maximum atomic E-state index is 15.0. The lowest BCUT2D eigenvalue weighted by molar-refractivity contribution is -0.226. The van der Waals surface area contributed by atoms with Gasteiger partial charge in [-0.15, -0.1) is 0 Å². The molecule has 0 amide bonds. The second-order valence-electron chi connectivity index (χ2n) is 23.8. The highest BCUT2D eigenvalue weighted by Crippen LogP contribution is 2.38. The van der Waals surface area contributed by atoms with Crippen molar-refractivity contribution in [1.29, 1.82) is 0 Å². The summed E-state index contributed by atoms with van der Waals surface area (Å²) in [7, 11) is 0. The van der Waals surface area contributed by atoms with Gasteiger partial charge in [0.1, 0.15) is 24.4 Å². The second-order valence-corrected chi connectivity index (χ2v) is 23.8. The van der Waals surface area contributed by atoms with Gasteiger partial charge in [-0.2, -0.15) is 20.3 Å². The molecule has 0 aromatic carbocycles. The quantitative estimate of drug-likeness (QED) is 0.0544. The number of esters is 4. The van der Waals surface area contributed by atoms with Crippen molar-refractivity contribution < 1.29 is 59.0 Å².